The Morgan fingerprint density at radius 2 is 1.89 bits per heavy atom. The van der Waals surface area contributed by atoms with Crippen molar-refractivity contribution in [2.24, 2.45) is 17.6 Å². The van der Waals surface area contributed by atoms with Crippen LogP contribution in [0.3, 0.4) is 0 Å². The van der Waals surface area contributed by atoms with Gasteiger partial charge in [0.1, 0.15) is 6.61 Å². The van der Waals surface area contributed by atoms with Crippen molar-refractivity contribution >= 4 is 5.97 Å². The second kappa shape index (κ2) is 6.71. The first-order valence-corrected chi connectivity index (χ1v) is 7.13. The molecule has 0 radical (unpaired) electrons. The van der Waals surface area contributed by atoms with E-state index in [0.29, 0.717) is 12.5 Å². The third-order valence-electron chi connectivity index (χ3n) is 4.11. The molecular formula is C16H23NO2. The minimum Gasteiger partial charge on any atom is -0.461 e. The lowest BCUT2D eigenvalue weighted by Gasteiger charge is -2.14. The molecule has 0 heterocycles. The molecule has 1 aliphatic carbocycles. The van der Waals surface area contributed by atoms with Gasteiger partial charge in [-0.15, -0.1) is 0 Å². The Balaban J connectivity index is 1.83. The quantitative estimate of drug-likeness (QED) is 0.672. The van der Waals surface area contributed by atoms with E-state index in [4.69, 9.17) is 10.5 Å². The van der Waals surface area contributed by atoms with Crippen LogP contribution < -0.4 is 5.73 Å². The van der Waals surface area contributed by atoms with Gasteiger partial charge in [0.15, 0.2) is 0 Å². The molecule has 1 fully saturated rings. The second-order valence-electron chi connectivity index (χ2n) is 5.59. The van der Waals surface area contributed by atoms with E-state index in [1.807, 2.05) is 30.3 Å². The third kappa shape index (κ3) is 4.06. The first-order valence-electron chi connectivity index (χ1n) is 7.13. The third-order valence-corrected chi connectivity index (χ3v) is 4.11. The van der Waals surface area contributed by atoms with Crippen LogP contribution in [0.5, 0.6) is 0 Å². The minimum atomic E-state index is -0.0647. The summed E-state index contributed by atoms with van der Waals surface area (Å²) in [6.45, 7) is 2.54. The zero-order valence-corrected chi connectivity index (χ0v) is 11.5. The highest BCUT2D eigenvalue weighted by Gasteiger charge is 2.27. The number of hydrogen-bond acceptors (Lipinski definition) is 3. The van der Waals surface area contributed by atoms with Crippen molar-refractivity contribution in [3.05, 3.63) is 35.9 Å². The van der Waals surface area contributed by atoms with Crippen LogP contribution in [-0.4, -0.2) is 12.0 Å². The molecule has 1 aliphatic rings. The molecule has 2 N–H and O–H groups in total. The Bertz CT molecular complexity index is 392. The van der Waals surface area contributed by atoms with Crippen LogP contribution in [0.4, 0.5) is 0 Å². The summed E-state index contributed by atoms with van der Waals surface area (Å²) in [5.74, 6) is 0.469. The van der Waals surface area contributed by atoms with Gasteiger partial charge in [0.05, 0.1) is 5.92 Å². The van der Waals surface area contributed by atoms with Crippen LogP contribution in [0.25, 0.3) is 0 Å². The molecule has 104 valence electrons. The monoisotopic (exact) mass is 261 g/mol. The Hall–Kier alpha value is -1.35. The average Bonchev–Trinajstić information content (AvgIpc) is 2.60. The van der Waals surface area contributed by atoms with Crippen molar-refractivity contribution in [3.63, 3.8) is 0 Å². The summed E-state index contributed by atoms with van der Waals surface area (Å²) in [6.07, 6.45) is 3.71. The van der Waals surface area contributed by atoms with Gasteiger partial charge in [0, 0.05) is 6.04 Å². The van der Waals surface area contributed by atoms with Crippen molar-refractivity contribution in [3.8, 4) is 0 Å². The largest absolute Gasteiger partial charge is 0.461 e. The van der Waals surface area contributed by atoms with Crippen molar-refractivity contribution in [1.82, 2.24) is 0 Å². The van der Waals surface area contributed by atoms with Crippen LogP contribution in [0.15, 0.2) is 30.3 Å². The van der Waals surface area contributed by atoms with Crippen molar-refractivity contribution in [1.29, 1.82) is 0 Å². The number of nitrogens with two attached hydrogens (primary N) is 1. The standard InChI is InChI=1S/C16H23NO2/c1-12-7-8-14(9-10-15(12)17)16(18)19-11-13-5-3-2-4-6-13/h2-6,12,14-15H,7-11,17H2,1H3. The Morgan fingerprint density at radius 1 is 1.21 bits per heavy atom. The van der Waals surface area contributed by atoms with Gasteiger partial charge in [-0.1, -0.05) is 37.3 Å². The summed E-state index contributed by atoms with van der Waals surface area (Å²) in [7, 11) is 0. The fourth-order valence-electron chi connectivity index (χ4n) is 2.58. The lowest BCUT2D eigenvalue weighted by atomic mass is 9.98. The van der Waals surface area contributed by atoms with E-state index in [1.165, 1.54) is 0 Å². The summed E-state index contributed by atoms with van der Waals surface area (Å²) in [5.41, 5.74) is 7.09. The number of benzene rings is 1. The fourth-order valence-corrected chi connectivity index (χ4v) is 2.58. The SMILES string of the molecule is CC1CCC(C(=O)OCc2ccccc2)CCC1N. The Kier molecular flexibility index (Phi) is 4.97. The number of rotatable bonds is 3. The molecule has 0 saturated heterocycles. The molecule has 0 spiro atoms. The maximum Gasteiger partial charge on any atom is 0.309 e. The molecule has 3 nitrogen and oxygen atoms in total. The zero-order chi connectivity index (χ0) is 13.7. The number of carbonyl (C=O) groups is 1. The molecule has 0 aliphatic heterocycles. The van der Waals surface area contributed by atoms with Crippen LogP contribution >= 0.6 is 0 Å². The van der Waals surface area contributed by atoms with Crippen molar-refractivity contribution in [2.45, 2.75) is 45.3 Å². The molecule has 1 aromatic carbocycles. The van der Waals surface area contributed by atoms with E-state index in [9.17, 15) is 4.79 Å². The molecule has 0 bridgehead atoms. The lowest BCUT2D eigenvalue weighted by Crippen LogP contribution is -2.26. The highest BCUT2D eigenvalue weighted by atomic mass is 16.5. The van der Waals surface area contributed by atoms with Crippen LogP contribution in [0.1, 0.15) is 38.2 Å². The predicted molar refractivity (Wildman–Crippen MR) is 75.3 cm³/mol. The van der Waals surface area contributed by atoms with E-state index < -0.39 is 0 Å². The van der Waals surface area contributed by atoms with E-state index in [0.717, 1.165) is 31.2 Å². The molecule has 1 saturated carbocycles. The summed E-state index contributed by atoms with van der Waals surface area (Å²) >= 11 is 0. The second-order valence-corrected chi connectivity index (χ2v) is 5.59. The smallest absolute Gasteiger partial charge is 0.309 e. The molecular weight excluding hydrogens is 238 g/mol. The summed E-state index contributed by atoms with van der Waals surface area (Å²) < 4.78 is 5.41. The van der Waals surface area contributed by atoms with E-state index >= 15 is 0 Å². The number of ether oxygens (including phenoxy) is 1. The summed E-state index contributed by atoms with van der Waals surface area (Å²) in [4.78, 5) is 12.1. The van der Waals surface area contributed by atoms with Crippen LogP contribution in [0, 0.1) is 11.8 Å². The zero-order valence-electron chi connectivity index (χ0n) is 11.5. The van der Waals surface area contributed by atoms with Crippen molar-refractivity contribution in [2.75, 3.05) is 0 Å². The van der Waals surface area contributed by atoms with Gasteiger partial charge < -0.3 is 10.5 Å². The maximum atomic E-state index is 12.1. The number of carbonyl (C=O) groups excluding carboxylic acids is 1. The van der Waals surface area contributed by atoms with Gasteiger partial charge in [-0.05, 0) is 37.2 Å². The van der Waals surface area contributed by atoms with Crippen LogP contribution in [-0.2, 0) is 16.1 Å². The first-order chi connectivity index (χ1) is 9.16. The summed E-state index contributed by atoms with van der Waals surface area (Å²) in [6, 6.07) is 10.0. The molecule has 3 atom stereocenters. The fraction of sp³-hybridized carbons (Fsp3) is 0.562. The maximum absolute atomic E-state index is 12.1. The first kappa shape index (κ1) is 14.1. The predicted octanol–water partition coefficient (Wildman–Crippen LogP) is 2.88. The number of esters is 1. The van der Waals surface area contributed by atoms with Gasteiger partial charge >= 0.3 is 5.97 Å². The Labute approximate surface area is 115 Å². The molecule has 0 amide bonds. The van der Waals surface area contributed by atoms with E-state index in [1.54, 1.807) is 0 Å². The highest BCUT2D eigenvalue weighted by molar-refractivity contribution is 5.72. The molecule has 3 heteroatoms. The lowest BCUT2D eigenvalue weighted by molar-refractivity contribution is -0.150. The van der Waals surface area contributed by atoms with Crippen molar-refractivity contribution < 1.29 is 9.53 Å². The van der Waals surface area contributed by atoms with E-state index in [-0.39, 0.29) is 17.9 Å². The topological polar surface area (TPSA) is 52.3 Å². The van der Waals surface area contributed by atoms with Gasteiger partial charge in [-0.2, -0.15) is 0 Å². The summed E-state index contributed by atoms with van der Waals surface area (Å²) in [5, 5.41) is 0. The van der Waals surface area contributed by atoms with E-state index in [2.05, 4.69) is 6.92 Å². The normalized spacial score (nSPS) is 27.6. The van der Waals surface area contributed by atoms with Crippen LogP contribution in [0.2, 0.25) is 0 Å². The Morgan fingerprint density at radius 3 is 2.63 bits per heavy atom. The molecule has 1 aromatic rings. The average molecular weight is 261 g/mol. The highest BCUT2D eigenvalue weighted by Crippen LogP contribution is 2.27. The molecule has 0 aromatic heterocycles. The van der Waals surface area contributed by atoms with Gasteiger partial charge in [-0.25, -0.2) is 0 Å². The molecule has 3 unspecified atom stereocenters. The number of hydrogen-bond donors (Lipinski definition) is 1. The van der Waals surface area contributed by atoms with Gasteiger partial charge in [0.2, 0.25) is 0 Å². The van der Waals surface area contributed by atoms with Gasteiger partial charge in [-0.3, -0.25) is 4.79 Å². The van der Waals surface area contributed by atoms with Gasteiger partial charge in [0.25, 0.3) is 0 Å². The molecule has 19 heavy (non-hydrogen) atoms. The molecule has 2 rings (SSSR count). The minimum absolute atomic E-state index is 0.0275.